The molecule has 2 aliphatic heterocycles. The van der Waals surface area contributed by atoms with Crippen LogP contribution in [-0.4, -0.2) is 146 Å². The number of carbonyl (C=O) groups excluding carboxylic acids is 5. The van der Waals surface area contributed by atoms with Crippen LogP contribution in [0.4, 0.5) is 15.8 Å². The van der Waals surface area contributed by atoms with E-state index in [0.717, 1.165) is 17.0 Å². The van der Waals surface area contributed by atoms with Crippen molar-refractivity contribution in [1.82, 2.24) is 29.8 Å². The summed E-state index contributed by atoms with van der Waals surface area (Å²) in [6.07, 6.45) is 1.33. The monoisotopic (exact) mass is 1130 g/mol. The number of halogens is 1. The molecule has 5 amide bonds. The molecule has 21 nitrogen and oxygen atoms in total. The molecule has 0 radical (unpaired) electrons. The first kappa shape index (κ1) is 60.0. The molecule has 22 heteroatoms. The Labute approximate surface area is 473 Å². The molecule has 1 saturated heterocycles. The molecule has 82 heavy (non-hydrogen) atoms. The van der Waals surface area contributed by atoms with E-state index in [0.29, 0.717) is 123 Å². The number of aliphatic hydroxyl groups is 2. The van der Waals surface area contributed by atoms with Crippen molar-refractivity contribution in [3.8, 4) is 28.1 Å². The van der Waals surface area contributed by atoms with E-state index >= 15 is 0 Å². The Kier molecular flexibility index (Phi) is 21.2. The second-order valence-electron chi connectivity index (χ2n) is 20.3. The minimum absolute atomic E-state index is 0.0434. The lowest BCUT2D eigenvalue weighted by Crippen LogP contribution is -2.54. The van der Waals surface area contributed by atoms with Crippen LogP contribution in [0.5, 0.6) is 5.75 Å². The third-order valence-electron chi connectivity index (χ3n) is 13.9. The number of carboxylic acids is 1. The minimum Gasteiger partial charge on any atom is -0.494 e. The zero-order valence-corrected chi connectivity index (χ0v) is 45.9. The van der Waals surface area contributed by atoms with Gasteiger partial charge in [-0.1, -0.05) is 55.5 Å². The van der Waals surface area contributed by atoms with Crippen LogP contribution < -0.4 is 20.7 Å². The van der Waals surface area contributed by atoms with E-state index in [2.05, 4.69) is 26.3 Å². The van der Waals surface area contributed by atoms with Crippen LogP contribution >= 0.6 is 0 Å². The number of amides is 5. The maximum atomic E-state index is 14.7. The number of aliphatic hydroxyl groups excluding tert-OH is 2. The van der Waals surface area contributed by atoms with E-state index in [1.165, 1.54) is 12.1 Å². The molecular weight excluding hydrogens is 1060 g/mol. The van der Waals surface area contributed by atoms with E-state index in [9.17, 15) is 48.5 Å². The van der Waals surface area contributed by atoms with E-state index in [4.69, 9.17) is 18.9 Å². The standard InChI is InChI=1S/C60H69FN8O13/c1-38(2)55-54(58(76)63-42-11-4-3-5-12-42)52(56(39-17-19-41(61)20-18-39)68(55)25-23-44(70)35-45(71)36-51(73)74)40-10-8-14-46(34-40)82-27-7-6-13-43-37-67(66-65-43)26-29-80-31-33-81-32-30-79-28-24-62-48-16-9-15-47-53(48)60(78)69(59(47)77)49-21-22-50(72)64-57(49)75/h3-5,8-12,14-20,34,37-38,44-45,49,62,70-71H,6-7,13,21-33,35-36H2,1-2H3,(H,63,76)(H,73,74)(H,64,72,75). The average molecular weight is 1130 g/mol. The Morgan fingerprint density at radius 2 is 1.52 bits per heavy atom. The van der Waals surface area contributed by atoms with Gasteiger partial charge in [0.25, 0.3) is 17.7 Å². The molecule has 6 aromatic rings. The van der Waals surface area contributed by atoms with E-state index in [-0.39, 0.29) is 55.2 Å². The zero-order chi connectivity index (χ0) is 58.1. The van der Waals surface area contributed by atoms with Gasteiger partial charge in [-0.3, -0.25) is 39.0 Å². The van der Waals surface area contributed by atoms with Crippen molar-refractivity contribution in [3.63, 3.8) is 0 Å². The van der Waals surface area contributed by atoms with Gasteiger partial charge in [0.05, 0.1) is 99.5 Å². The molecule has 8 rings (SSSR count). The lowest BCUT2D eigenvalue weighted by molar-refractivity contribution is -0.140. The number of imide groups is 2. The number of fused-ring (bicyclic) bond motifs is 1. The molecule has 434 valence electrons. The molecule has 0 bridgehead atoms. The van der Waals surface area contributed by atoms with Gasteiger partial charge in [0.2, 0.25) is 11.8 Å². The number of anilines is 2. The highest BCUT2D eigenvalue weighted by Crippen LogP contribution is 2.44. The summed E-state index contributed by atoms with van der Waals surface area (Å²) in [5, 5.41) is 47.5. The molecule has 0 saturated carbocycles. The number of piperidine rings is 1. The largest absolute Gasteiger partial charge is 0.494 e. The summed E-state index contributed by atoms with van der Waals surface area (Å²) in [5.41, 5.74) is 5.83. The van der Waals surface area contributed by atoms with Gasteiger partial charge in [0.15, 0.2) is 0 Å². The van der Waals surface area contributed by atoms with E-state index < -0.39 is 60.1 Å². The van der Waals surface area contributed by atoms with Crippen LogP contribution in [0, 0.1) is 5.82 Å². The van der Waals surface area contributed by atoms with Crippen molar-refractivity contribution in [2.75, 3.05) is 63.4 Å². The quantitative estimate of drug-likeness (QED) is 0.0186. The van der Waals surface area contributed by atoms with Crippen molar-refractivity contribution >= 4 is 46.9 Å². The third kappa shape index (κ3) is 15.6. The van der Waals surface area contributed by atoms with Gasteiger partial charge in [0.1, 0.15) is 17.6 Å². The number of rotatable bonds is 32. The summed E-state index contributed by atoms with van der Waals surface area (Å²) in [7, 11) is 0. The predicted molar refractivity (Wildman–Crippen MR) is 300 cm³/mol. The van der Waals surface area contributed by atoms with Crippen LogP contribution in [0.2, 0.25) is 0 Å². The number of nitrogens with zero attached hydrogens (tertiary/aromatic N) is 5. The average Bonchev–Trinajstić information content (AvgIpc) is 2.75. The first-order valence-electron chi connectivity index (χ1n) is 27.6. The number of aryl methyl sites for hydroxylation is 1. The molecule has 4 aromatic carbocycles. The number of unbranched alkanes of at least 4 members (excludes halogenated alkanes) is 1. The highest BCUT2D eigenvalue weighted by atomic mass is 19.1. The van der Waals surface area contributed by atoms with Crippen molar-refractivity contribution in [1.29, 1.82) is 0 Å². The lowest BCUT2D eigenvalue weighted by atomic mass is 9.94. The van der Waals surface area contributed by atoms with Crippen LogP contribution in [0.25, 0.3) is 22.4 Å². The van der Waals surface area contributed by atoms with Gasteiger partial charge < -0.3 is 49.5 Å². The number of ether oxygens (including phenoxy) is 4. The van der Waals surface area contributed by atoms with E-state index in [1.54, 1.807) is 47.1 Å². The molecule has 0 spiro atoms. The number of hydrogen-bond donors (Lipinski definition) is 6. The summed E-state index contributed by atoms with van der Waals surface area (Å²) >= 11 is 0. The highest BCUT2D eigenvalue weighted by Gasteiger charge is 2.45. The second-order valence-corrected chi connectivity index (χ2v) is 20.3. The number of aromatic nitrogens is 4. The molecule has 2 aromatic heterocycles. The minimum atomic E-state index is -1.25. The van der Waals surface area contributed by atoms with Gasteiger partial charge in [0, 0.05) is 48.3 Å². The van der Waals surface area contributed by atoms with Gasteiger partial charge in [-0.2, -0.15) is 0 Å². The summed E-state index contributed by atoms with van der Waals surface area (Å²) in [6, 6.07) is 26.4. The molecule has 6 N–H and O–H groups in total. The maximum Gasteiger partial charge on any atom is 0.305 e. The number of benzene rings is 4. The number of para-hydroxylation sites is 1. The molecule has 3 atom stereocenters. The Balaban J connectivity index is 0.778. The number of carbonyl (C=O) groups is 6. The maximum absolute atomic E-state index is 14.7. The second kappa shape index (κ2) is 29.0. The first-order valence-corrected chi connectivity index (χ1v) is 27.6. The van der Waals surface area contributed by atoms with Gasteiger partial charge in [-0.25, -0.2) is 9.07 Å². The molecule has 0 aliphatic carbocycles. The normalized spacial score (nSPS) is 15.0. The smallest absolute Gasteiger partial charge is 0.305 e. The fourth-order valence-corrected chi connectivity index (χ4v) is 10.1. The van der Waals surface area contributed by atoms with Crippen molar-refractivity contribution < 1.29 is 67.4 Å². The first-order chi connectivity index (χ1) is 39.7. The topological polar surface area (TPSA) is 275 Å². The van der Waals surface area contributed by atoms with E-state index in [1.807, 2.05) is 67.1 Å². The van der Waals surface area contributed by atoms with Crippen LogP contribution in [0.1, 0.15) is 107 Å². The Morgan fingerprint density at radius 1 is 0.793 bits per heavy atom. The van der Waals surface area contributed by atoms with Crippen molar-refractivity contribution in [2.45, 2.75) is 102 Å². The summed E-state index contributed by atoms with van der Waals surface area (Å²) in [5.74, 6) is -3.87. The molecular formula is C60H69FN8O13. The lowest BCUT2D eigenvalue weighted by Gasteiger charge is -2.27. The fourth-order valence-electron chi connectivity index (χ4n) is 10.1. The summed E-state index contributed by atoms with van der Waals surface area (Å²) in [4.78, 5) is 77.3. The number of hydrogen-bond acceptors (Lipinski definition) is 15. The Morgan fingerprint density at radius 3 is 2.26 bits per heavy atom. The predicted octanol–water partition coefficient (Wildman–Crippen LogP) is 6.87. The number of carboxylic acid groups (broad SMARTS) is 1. The molecule has 2 aliphatic rings. The van der Waals surface area contributed by atoms with Crippen molar-refractivity contribution in [2.24, 2.45) is 0 Å². The third-order valence-corrected chi connectivity index (χ3v) is 13.9. The summed E-state index contributed by atoms with van der Waals surface area (Å²) in [6.45, 7) is 7.49. The van der Waals surface area contributed by atoms with Crippen LogP contribution in [0.15, 0.2) is 103 Å². The molecule has 1 fully saturated rings. The fraction of sp³-hybridized carbons (Fsp3) is 0.400. The van der Waals surface area contributed by atoms with Gasteiger partial charge in [-0.05, 0) is 116 Å². The van der Waals surface area contributed by atoms with Crippen LogP contribution in [0.3, 0.4) is 0 Å². The van der Waals surface area contributed by atoms with Crippen LogP contribution in [-0.2, 0) is 48.1 Å². The highest BCUT2D eigenvalue weighted by molar-refractivity contribution is 6.25. The Hall–Kier alpha value is -8.15. The molecule has 4 heterocycles. The number of aliphatic carboxylic acids is 1. The van der Waals surface area contributed by atoms with Gasteiger partial charge in [-0.15, -0.1) is 5.10 Å². The summed E-state index contributed by atoms with van der Waals surface area (Å²) < 4.78 is 41.5. The molecule has 3 unspecified atom stereocenters. The van der Waals surface area contributed by atoms with Gasteiger partial charge >= 0.3 is 5.97 Å². The zero-order valence-electron chi connectivity index (χ0n) is 45.9. The Bertz CT molecular complexity index is 3180. The number of nitrogens with one attached hydrogen (secondary N) is 3. The SMILES string of the molecule is CC(C)c1c(C(=O)Nc2ccccc2)c(-c2cccc(OCCCCc3cn(CCOCCOCCOCCNc4cccc5c4C(=O)N(C4CCC(=O)NC4=O)C5=O)nn3)c2)c(-c2ccc(F)cc2)n1CCC(O)CC(O)CC(=O)O. The van der Waals surface area contributed by atoms with Crippen molar-refractivity contribution in [3.05, 3.63) is 137 Å².